The minimum absolute atomic E-state index is 0.0631. The molecule has 0 aliphatic carbocycles. The Morgan fingerprint density at radius 3 is 2.40 bits per heavy atom. The van der Waals surface area contributed by atoms with Gasteiger partial charge in [-0.1, -0.05) is 24.1 Å². The summed E-state index contributed by atoms with van der Waals surface area (Å²) in [5.41, 5.74) is 6.27. The number of nitrogens with one attached hydrogen (secondary N) is 1. The SMILES string of the molecule is Cc1ccc(S(=O)(=O)NC(CCCCN)C(=O)O)cc1. The maximum Gasteiger partial charge on any atom is 0.321 e. The molecule has 0 radical (unpaired) electrons. The van der Waals surface area contributed by atoms with Gasteiger partial charge in [-0.2, -0.15) is 4.72 Å². The summed E-state index contributed by atoms with van der Waals surface area (Å²) in [4.78, 5) is 11.2. The van der Waals surface area contributed by atoms with E-state index in [4.69, 9.17) is 10.8 Å². The summed E-state index contributed by atoms with van der Waals surface area (Å²) >= 11 is 0. The highest BCUT2D eigenvalue weighted by Gasteiger charge is 2.24. The number of rotatable bonds is 8. The average Bonchev–Trinajstić information content (AvgIpc) is 2.38. The molecule has 0 amide bonds. The van der Waals surface area contributed by atoms with Crippen molar-refractivity contribution in [1.82, 2.24) is 4.72 Å². The summed E-state index contributed by atoms with van der Waals surface area (Å²) in [5, 5.41) is 9.07. The maximum absolute atomic E-state index is 12.1. The van der Waals surface area contributed by atoms with Crippen LogP contribution in [0.1, 0.15) is 24.8 Å². The van der Waals surface area contributed by atoms with Crippen molar-refractivity contribution in [3.63, 3.8) is 0 Å². The molecular weight excluding hydrogens is 280 g/mol. The number of carbonyl (C=O) groups is 1. The summed E-state index contributed by atoms with van der Waals surface area (Å²) in [5.74, 6) is -1.18. The largest absolute Gasteiger partial charge is 0.480 e. The first-order valence-corrected chi connectivity index (χ1v) is 7.87. The highest BCUT2D eigenvalue weighted by molar-refractivity contribution is 7.89. The predicted molar refractivity (Wildman–Crippen MR) is 75.8 cm³/mol. The quantitative estimate of drug-likeness (QED) is 0.617. The third-order valence-corrected chi connectivity index (χ3v) is 4.36. The first-order valence-electron chi connectivity index (χ1n) is 6.38. The number of unbranched alkanes of at least 4 members (excludes halogenated alkanes) is 1. The van der Waals surface area contributed by atoms with Gasteiger partial charge in [0, 0.05) is 0 Å². The molecule has 0 aromatic heterocycles. The minimum atomic E-state index is -3.82. The molecule has 4 N–H and O–H groups in total. The molecule has 0 saturated carbocycles. The van der Waals surface area contributed by atoms with Crippen molar-refractivity contribution in [2.45, 2.75) is 37.1 Å². The Kier molecular flexibility index (Phi) is 6.12. The molecule has 0 saturated heterocycles. The fraction of sp³-hybridized carbons (Fsp3) is 0.462. The molecule has 7 heteroatoms. The lowest BCUT2D eigenvalue weighted by molar-refractivity contribution is -0.139. The van der Waals surface area contributed by atoms with E-state index in [-0.39, 0.29) is 11.3 Å². The van der Waals surface area contributed by atoms with Gasteiger partial charge in [-0.15, -0.1) is 0 Å². The van der Waals surface area contributed by atoms with E-state index in [0.717, 1.165) is 5.56 Å². The van der Waals surface area contributed by atoms with Gasteiger partial charge >= 0.3 is 5.97 Å². The minimum Gasteiger partial charge on any atom is -0.480 e. The summed E-state index contributed by atoms with van der Waals surface area (Å²) in [6.45, 7) is 2.30. The first-order chi connectivity index (χ1) is 9.36. The highest BCUT2D eigenvalue weighted by Crippen LogP contribution is 2.12. The second-order valence-corrected chi connectivity index (χ2v) is 6.32. The Bertz CT molecular complexity index is 540. The summed E-state index contributed by atoms with van der Waals surface area (Å²) in [6.07, 6.45) is 1.44. The van der Waals surface area contributed by atoms with Gasteiger partial charge in [0.1, 0.15) is 6.04 Å². The van der Waals surface area contributed by atoms with E-state index in [1.165, 1.54) is 12.1 Å². The normalized spacial score (nSPS) is 13.1. The molecule has 1 aromatic carbocycles. The monoisotopic (exact) mass is 300 g/mol. The van der Waals surface area contributed by atoms with Gasteiger partial charge in [0.15, 0.2) is 0 Å². The Hall–Kier alpha value is -1.44. The van der Waals surface area contributed by atoms with Crippen molar-refractivity contribution in [1.29, 1.82) is 0 Å². The van der Waals surface area contributed by atoms with Gasteiger partial charge in [-0.05, 0) is 38.4 Å². The van der Waals surface area contributed by atoms with Crippen molar-refractivity contribution in [2.75, 3.05) is 6.54 Å². The number of nitrogens with two attached hydrogens (primary N) is 1. The van der Waals surface area contributed by atoms with Gasteiger partial charge < -0.3 is 10.8 Å². The molecule has 6 nitrogen and oxygen atoms in total. The van der Waals surface area contributed by atoms with E-state index >= 15 is 0 Å². The van der Waals surface area contributed by atoms with Gasteiger partial charge in [0.25, 0.3) is 0 Å². The third-order valence-electron chi connectivity index (χ3n) is 2.87. The van der Waals surface area contributed by atoms with E-state index in [1.807, 2.05) is 6.92 Å². The highest BCUT2D eigenvalue weighted by atomic mass is 32.2. The predicted octanol–water partition coefficient (Wildman–Crippen LogP) is 0.856. The number of sulfonamides is 1. The number of hydrogen-bond donors (Lipinski definition) is 3. The lowest BCUT2D eigenvalue weighted by Gasteiger charge is -2.14. The van der Waals surface area contributed by atoms with Crippen LogP contribution in [0.4, 0.5) is 0 Å². The molecule has 1 aromatic rings. The van der Waals surface area contributed by atoms with Crippen LogP contribution in [0.2, 0.25) is 0 Å². The van der Waals surface area contributed by atoms with Crippen molar-refractivity contribution >= 4 is 16.0 Å². The topological polar surface area (TPSA) is 109 Å². The summed E-state index contributed by atoms with van der Waals surface area (Å²) < 4.78 is 26.4. The summed E-state index contributed by atoms with van der Waals surface area (Å²) in [7, 11) is -3.82. The third kappa shape index (κ3) is 4.92. The fourth-order valence-electron chi connectivity index (χ4n) is 1.70. The van der Waals surface area contributed by atoms with E-state index in [9.17, 15) is 13.2 Å². The van der Waals surface area contributed by atoms with Crippen molar-refractivity contribution < 1.29 is 18.3 Å². The molecule has 0 bridgehead atoms. The molecule has 0 fully saturated rings. The number of benzene rings is 1. The van der Waals surface area contributed by atoms with E-state index in [1.54, 1.807) is 12.1 Å². The Labute approximate surface area is 119 Å². The van der Waals surface area contributed by atoms with Gasteiger partial charge in [0.05, 0.1) is 4.90 Å². The standard InChI is InChI=1S/C13H20N2O4S/c1-10-5-7-11(8-6-10)20(18,19)15-12(13(16)17)4-2-3-9-14/h5-8,12,15H,2-4,9,14H2,1H3,(H,16,17). The molecule has 1 atom stereocenters. The van der Waals surface area contributed by atoms with Crippen molar-refractivity contribution in [3.05, 3.63) is 29.8 Å². The zero-order valence-corrected chi connectivity index (χ0v) is 12.2. The van der Waals surface area contributed by atoms with Crippen LogP contribution < -0.4 is 10.5 Å². The van der Waals surface area contributed by atoms with Crippen LogP contribution in [0.3, 0.4) is 0 Å². The molecule has 0 spiro atoms. The van der Waals surface area contributed by atoms with Crippen LogP contribution in [0.5, 0.6) is 0 Å². The molecular formula is C13H20N2O4S. The van der Waals surface area contributed by atoms with E-state index in [0.29, 0.717) is 19.4 Å². The molecule has 1 unspecified atom stereocenters. The number of carboxylic acids is 1. The van der Waals surface area contributed by atoms with Gasteiger partial charge in [0.2, 0.25) is 10.0 Å². The van der Waals surface area contributed by atoms with Crippen molar-refractivity contribution in [3.8, 4) is 0 Å². The number of aliphatic carboxylic acids is 1. The second kappa shape index (κ2) is 7.37. The molecule has 20 heavy (non-hydrogen) atoms. The van der Waals surface area contributed by atoms with Gasteiger partial charge in [-0.25, -0.2) is 8.42 Å². The molecule has 112 valence electrons. The first kappa shape index (κ1) is 16.6. The van der Waals surface area contributed by atoms with Crippen LogP contribution in [-0.2, 0) is 14.8 Å². The zero-order chi connectivity index (χ0) is 15.2. The van der Waals surface area contributed by atoms with Crippen molar-refractivity contribution in [2.24, 2.45) is 5.73 Å². The lowest BCUT2D eigenvalue weighted by atomic mass is 10.1. The number of carboxylic acid groups (broad SMARTS) is 1. The van der Waals surface area contributed by atoms with E-state index < -0.39 is 22.0 Å². The van der Waals surface area contributed by atoms with Crippen LogP contribution >= 0.6 is 0 Å². The Morgan fingerprint density at radius 2 is 1.90 bits per heavy atom. The molecule has 0 heterocycles. The molecule has 1 rings (SSSR count). The zero-order valence-electron chi connectivity index (χ0n) is 11.4. The maximum atomic E-state index is 12.1. The molecule has 0 aliphatic rings. The summed E-state index contributed by atoms with van der Waals surface area (Å²) in [6, 6.07) is 5.11. The second-order valence-electron chi connectivity index (χ2n) is 4.61. The van der Waals surface area contributed by atoms with E-state index in [2.05, 4.69) is 4.72 Å². The van der Waals surface area contributed by atoms with Crippen LogP contribution in [0, 0.1) is 6.92 Å². The Balaban J connectivity index is 2.80. The Morgan fingerprint density at radius 1 is 1.30 bits per heavy atom. The lowest BCUT2D eigenvalue weighted by Crippen LogP contribution is -2.40. The van der Waals surface area contributed by atoms with Crippen LogP contribution in [0.25, 0.3) is 0 Å². The van der Waals surface area contributed by atoms with Crippen LogP contribution in [-0.4, -0.2) is 32.1 Å². The van der Waals surface area contributed by atoms with Crippen LogP contribution in [0.15, 0.2) is 29.2 Å². The number of aryl methyl sites for hydroxylation is 1. The number of hydrogen-bond acceptors (Lipinski definition) is 4. The van der Waals surface area contributed by atoms with Gasteiger partial charge in [-0.3, -0.25) is 4.79 Å². The molecule has 0 aliphatic heterocycles. The fourth-order valence-corrected chi connectivity index (χ4v) is 2.92. The average molecular weight is 300 g/mol. The smallest absolute Gasteiger partial charge is 0.321 e.